The maximum atomic E-state index is 12.5. The number of hydrogen-bond donors (Lipinski definition) is 1. The minimum absolute atomic E-state index is 0.227. The fraction of sp³-hybridized carbons (Fsp3) is 0.375. The number of likely N-dealkylation sites (tertiary alicyclic amines) is 1. The van der Waals surface area contributed by atoms with E-state index in [0.29, 0.717) is 13.1 Å². The van der Waals surface area contributed by atoms with Gasteiger partial charge in [-0.25, -0.2) is 0 Å². The summed E-state index contributed by atoms with van der Waals surface area (Å²) in [6, 6.07) is 3.96. The van der Waals surface area contributed by atoms with E-state index in [4.69, 9.17) is 0 Å². The Morgan fingerprint density at radius 2 is 2.08 bits per heavy atom. The number of aromatic nitrogens is 2. The van der Waals surface area contributed by atoms with Gasteiger partial charge in [0.25, 0.3) is 5.91 Å². The van der Waals surface area contributed by atoms with Crippen molar-refractivity contribution in [3.05, 3.63) is 51.8 Å². The topological polar surface area (TPSA) is 102 Å². The second kappa shape index (κ2) is 6.31. The normalized spacial score (nSPS) is 15.5. The molecule has 1 aliphatic rings. The summed E-state index contributed by atoms with van der Waals surface area (Å²) in [6.45, 7) is 3.16. The molecular formula is C16H18N4O4. The number of carbonyl (C=O) groups is 1. The number of piperidine rings is 1. The highest BCUT2D eigenvalue weighted by molar-refractivity contribution is 5.95. The largest absolute Gasteiger partial charge is 0.502 e. The standard InChI is InChI=1S/C16H18N4O4/c1-11-9-17-19(10-11)13-4-6-18(7-5-13)16(22)12-2-3-14(20(23)24)15(21)8-12/h2-3,8-10,13,21H,4-7H2,1H3. The Morgan fingerprint density at radius 3 is 2.62 bits per heavy atom. The SMILES string of the molecule is Cc1cnn(C2CCN(C(=O)c3ccc([N+](=O)[O-])c(O)c3)CC2)c1. The minimum atomic E-state index is -0.679. The van der Waals surface area contributed by atoms with Gasteiger partial charge in [0.15, 0.2) is 5.75 Å². The molecule has 0 spiro atoms. The molecule has 1 saturated heterocycles. The molecule has 0 radical (unpaired) electrons. The highest BCUT2D eigenvalue weighted by Crippen LogP contribution is 2.28. The van der Waals surface area contributed by atoms with Crippen molar-refractivity contribution in [2.24, 2.45) is 0 Å². The molecule has 1 aromatic carbocycles. The molecule has 3 rings (SSSR count). The molecular weight excluding hydrogens is 312 g/mol. The first kappa shape index (κ1) is 16.0. The number of nitrogens with zero attached hydrogens (tertiary/aromatic N) is 4. The summed E-state index contributed by atoms with van der Waals surface area (Å²) < 4.78 is 1.94. The van der Waals surface area contributed by atoms with Crippen LogP contribution in [-0.4, -0.2) is 43.7 Å². The van der Waals surface area contributed by atoms with Crippen molar-refractivity contribution in [3.8, 4) is 5.75 Å². The number of carbonyl (C=O) groups excluding carboxylic acids is 1. The Morgan fingerprint density at radius 1 is 1.38 bits per heavy atom. The van der Waals surface area contributed by atoms with Gasteiger partial charge < -0.3 is 10.0 Å². The highest BCUT2D eigenvalue weighted by atomic mass is 16.6. The number of aryl methyl sites for hydroxylation is 1. The number of amides is 1. The molecule has 1 amide bonds. The third-order valence-electron chi connectivity index (χ3n) is 4.28. The summed E-state index contributed by atoms with van der Waals surface area (Å²) in [5, 5.41) is 24.7. The molecule has 8 heteroatoms. The Bertz CT molecular complexity index is 778. The van der Waals surface area contributed by atoms with E-state index in [1.54, 1.807) is 4.90 Å². The van der Waals surface area contributed by atoms with Gasteiger partial charge in [-0.2, -0.15) is 5.10 Å². The maximum absolute atomic E-state index is 12.5. The van der Waals surface area contributed by atoms with E-state index in [-0.39, 0.29) is 17.5 Å². The van der Waals surface area contributed by atoms with Gasteiger partial charge in [0.05, 0.1) is 17.2 Å². The van der Waals surface area contributed by atoms with Crippen molar-refractivity contribution in [1.82, 2.24) is 14.7 Å². The van der Waals surface area contributed by atoms with Gasteiger partial charge >= 0.3 is 5.69 Å². The van der Waals surface area contributed by atoms with E-state index in [2.05, 4.69) is 5.10 Å². The molecule has 24 heavy (non-hydrogen) atoms. The number of benzene rings is 1. The summed E-state index contributed by atoms with van der Waals surface area (Å²) in [5.74, 6) is -0.719. The Hall–Kier alpha value is -2.90. The monoisotopic (exact) mass is 330 g/mol. The highest BCUT2D eigenvalue weighted by Gasteiger charge is 2.26. The fourth-order valence-corrected chi connectivity index (χ4v) is 2.96. The molecule has 1 aromatic heterocycles. The van der Waals surface area contributed by atoms with Gasteiger partial charge in [-0.3, -0.25) is 19.6 Å². The fourth-order valence-electron chi connectivity index (χ4n) is 2.96. The first-order valence-electron chi connectivity index (χ1n) is 7.73. The van der Waals surface area contributed by atoms with Crippen LogP contribution in [0, 0.1) is 17.0 Å². The van der Waals surface area contributed by atoms with Gasteiger partial charge in [-0.05, 0) is 37.5 Å². The molecule has 0 aliphatic carbocycles. The Labute approximate surface area is 138 Å². The minimum Gasteiger partial charge on any atom is -0.502 e. The number of nitro groups is 1. The number of phenols is 1. The predicted molar refractivity (Wildman–Crippen MR) is 85.9 cm³/mol. The molecule has 0 saturated carbocycles. The first-order valence-corrected chi connectivity index (χ1v) is 7.73. The van der Waals surface area contributed by atoms with Crippen molar-refractivity contribution in [1.29, 1.82) is 0 Å². The average Bonchev–Trinajstić information content (AvgIpc) is 3.00. The molecule has 1 fully saturated rings. The van der Waals surface area contributed by atoms with E-state index < -0.39 is 16.4 Å². The van der Waals surface area contributed by atoms with Gasteiger partial charge in [0.2, 0.25) is 0 Å². The van der Waals surface area contributed by atoms with Crippen molar-refractivity contribution in [2.75, 3.05) is 13.1 Å². The van der Waals surface area contributed by atoms with Gasteiger partial charge in [-0.1, -0.05) is 0 Å². The zero-order valence-corrected chi connectivity index (χ0v) is 13.3. The lowest BCUT2D eigenvalue weighted by Gasteiger charge is -2.32. The third-order valence-corrected chi connectivity index (χ3v) is 4.28. The van der Waals surface area contributed by atoms with Crippen molar-refractivity contribution in [3.63, 3.8) is 0 Å². The number of nitro benzene ring substituents is 1. The second-order valence-electron chi connectivity index (χ2n) is 5.98. The summed E-state index contributed by atoms with van der Waals surface area (Å²) in [7, 11) is 0. The van der Waals surface area contributed by atoms with Gasteiger partial charge in [0.1, 0.15) is 0 Å². The number of aromatic hydroxyl groups is 1. The molecule has 126 valence electrons. The van der Waals surface area contributed by atoms with Crippen LogP contribution in [0.4, 0.5) is 5.69 Å². The van der Waals surface area contributed by atoms with Crippen molar-refractivity contribution in [2.45, 2.75) is 25.8 Å². The van der Waals surface area contributed by atoms with E-state index in [1.165, 1.54) is 6.07 Å². The lowest BCUT2D eigenvalue weighted by atomic mass is 10.0. The Kier molecular flexibility index (Phi) is 4.20. The first-order chi connectivity index (χ1) is 11.5. The van der Waals surface area contributed by atoms with E-state index in [9.17, 15) is 20.0 Å². The van der Waals surface area contributed by atoms with E-state index >= 15 is 0 Å². The molecule has 8 nitrogen and oxygen atoms in total. The van der Waals surface area contributed by atoms with Gasteiger partial charge in [0, 0.05) is 30.9 Å². The van der Waals surface area contributed by atoms with Crippen LogP contribution >= 0.6 is 0 Å². The van der Waals surface area contributed by atoms with Crippen LogP contribution in [0.1, 0.15) is 34.8 Å². The Balaban J connectivity index is 1.67. The molecule has 2 heterocycles. The third kappa shape index (κ3) is 3.08. The van der Waals surface area contributed by atoms with Crippen LogP contribution in [-0.2, 0) is 0 Å². The van der Waals surface area contributed by atoms with Crippen LogP contribution in [0.3, 0.4) is 0 Å². The van der Waals surface area contributed by atoms with Crippen LogP contribution in [0.2, 0.25) is 0 Å². The lowest BCUT2D eigenvalue weighted by molar-refractivity contribution is -0.385. The van der Waals surface area contributed by atoms with Crippen molar-refractivity contribution >= 4 is 11.6 Å². The maximum Gasteiger partial charge on any atom is 0.310 e. The zero-order valence-electron chi connectivity index (χ0n) is 13.3. The summed E-state index contributed by atoms with van der Waals surface area (Å²) in [5.41, 5.74) is 0.959. The quantitative estimate of drug-likeness (QED) is 0.687. The van der Waals surface area contributed by atoms with Crippen LogP contribution in [0.25, 0.3) is 0 Å². The molecule has 1 N–H and O–H groups in total. The average molecular weight is 330 g/mol. The smallest absolute Gasteiger partial charge is 0.310 e. The molecule has 0 bridgehead atoms. The van der Waals surface area contributed by atoms with Crippen LogP contribution in [0.15, 0.2) is 30.6 Å². The summed E-state index contributed by atoms with van der Waals surface area (Å²) in [6.07, 6.45) is 5.41. The van der Waals surface area contributed by atoms with E-state index in [0.717, 1.165) is 30.5 Å². The number of hydrogen-bond acceptors (Lipinski definition) is 5. The van der Waals surface area contributed by atoms with Crippen LogP contribution < -0.4 is 0 Å². The second-order valence-corrected chi connectivity index (χ2v) is 5.98. The summed E-state index contributed by atoms with van der Waals surface area (Å²) >= 11 is 0. The number of phenolic OH excluding ortho intramolecular Hbond substituents is 1. The molecule has 0 atom stereocenters. The lowest BCUT2D eigenvalue weighted by Crippen LogP contribution is -2.39. The van der Waals surface area contributed by atoms with Crippen molar-refractivity contribution < 1.29 is 14.8 Å². The molecule has 0 unspecified atom stereocenters. The molecule has 1 aliphatic heterocycles. The number of rotatable bonds is 3. The summed E-state index contributed by atoms with van der Waals surface area (Å²) in [4.78, 5) is 24.2. The van der Waals surface area contributed by atoms with Crippen LogP contribution in [0.5, 0.6) is 5.75 Å². The zero-order chi connectivity index (χ0) is 17.3. The van der Waals surface area contributed by atoms with E-state index in [1.807, 2.05) is 24.0 Å². The molecule has 2 aromatic rings. The predicted octanol–water partition coefficient (Wildman–Crippen LogP) is 2.28. The van der Waals surface area contributed by atoms with Gasteiger partial charge in [-0.15, -0.1) is 0 Å².